The molecule has 2 amide bonds. The zero-order valence-corrected chi connectivity index (χ0v) is 16.0. The second-order valence-electron chi connectivity index (χ2n) is 6.68. The highest BCUT2D eigenvalue weighted by atomic mass is 16.5. The number of rotatable bonds is 6. The Morgan fingerprint density at radius 2 is 2.03 bits per heavy atom. The van der Waals surface area contributed by atoms with Crippen molar-refractivity contribution in [3.63, 3.8) is 0 Å². The van der Waals surface area contributed by atoms with Gasteiger partial charge in [-0.05, 0) is 24.1 Å². The minimum Gasteiger partial charge on any atom is -0.483 e. The number of aromatic nitrogens is 3. The largest absolute Gasteiger partial charge is 0.483 e. The summed E-state index contributed by atoms with van der Waals surface area (Å²) in [6.07, 6.45) is 2.44. The van der Waals surface area contributed by atoms with E-state index in [0.717, 1.165) is 23.2 Å². The molecule has 1 atom stereocenters. The third kappa shape index (κ3) is 3.96. The molecule has 0 fully saturated rings. The number of para-hydroxylation sites is 2. The molecule has 0 bridgehead atoms. The van der Waals surface area contributed by atoms with Gasteiger partial charge in [0.15, 0.2) is 6.61 Å². The van der Waals surface area contributed by atoms with E-state index in [1.807, 2.05) is 49.4 Å². The van der Waals surface area contributed by atoms with Crippen LogP contribution in [0.5, 0.6) is 5.75 Å². The van der Waals surface area contributed by atoms with Gasteiger partial charge >= 0.3 is 0 Å². The lowest BCUT2D eigenvalue weighted by molar-refractivity contribution is -0.118. The van der Waals surface area contributed by atoms with Crippen LogP contribution in [0.25, 0.3) is 0 Å². The molecule has 1 aromatic heterocycles. The number of fused-ring (bicyclic) bond motifs is 1. The molecule has 4 rings (SSSR count). The monoisotopic (exact) mass is 391 g/mol. The number of hydrogen-bond acceptors (Lipinski definition) is 5. The molecule has 29 heavy (non-hydrogen) atoms. The summed E-state index contributed by atoms with van der Waals surface area (Å²) >= 11 is 0. The summed E-state index contributed by atoms with van der Waals surface area (Å²) in [6, 6.07) is 14.7. The molecule has 2 N–H and O–H groups in total. The Morgan fingerprint density at radius 1 is 1.24 bits per heavy atom. The van der Waals surface area contributed by atoms with E-state index >= 15 is 0 Å². The lowest BCUT2D eigenvalue weighted by atomic mass is 10.0. The van der Waals surface area contributed by atoms with Gasteiger partial charge in [0.05, 0.1) is 12.5 Å². The van der Waals surface area contributed by atoms with E-state index < -0.39 is 0 Å². The molecule has 0 radical (unpaired) electrons. The molecular formula is C21H21N5O3. The molecule has 8 heteroatoms. The first-order valence-corrected chi connectivity index (χ1v) is 9.44. The van der Waals surface area contributed by atoms with E-state index in [0.29, 0.717) is 11.7 Å². The molecule has 148 valence electrons. The number of hydrogen-bond donors (Lipinski definition) is 2. The van der Waals surface area contributed by atoms with E-state index in [4.69, 9.17) is 4.74 Å². The van der Waals surface area contributed by atoms with Crippen molar-refractivity contribution < 1.29 is 14.3 Å². The van der Waals surface area contributed by atoms with E-state index in [1.54, 1.807) is 10.7 Å². The number of amides is 2. The van der Waals surface area contributed by atoms with Gasteiger partial charge in [-0.15, -0.1) is 0 Å². The summed E-state index contributed by atoms with van der Waals surface area (Å²) in [7, 11) is 0. The van der Waals surface area contributed by atoms with Crippen molar-refractivity contribution in [1.82, 2.24) is 14.8 Å². The van der Waals surface area contributed by atoms with Crippen molar-refractivity contribution in [2.45, 2.75) is 25.8 Å². The lowest BCUT2D eigenvalue weighted by Crippen LogP contribution is -2.29. The summed E-state index contributed by atoms with van der Waals surface area (Å²) < 4.78 is 7.47. The molecule has 0 saturated carbocycles. The maximum atomic E-state index is 12.4. The topological polar surface area (TPSA) is 98.1 Å². The van der Waals surface area contributed by atoms with Crippen molar-refractivity contribution in [1.29, 1.82) is 0 Å². The molecule has 0 saturated heterocycles. The van der Waals surface area contributed by atoms with Gasteiger partial charge in [0, 0.05) is 11.3 Å². The Morgan fingerprint density at radius 3 is 2.90 bits per heavy atom. The average molecular weight is 391 g/mol. The number of aryl methyl sites for hydroxylation is 1. The fourth-order valence-electron chi connectivity index (χ4n) is 3.41. The predicted molar refractivity (Wildman–Crippen MR) is 108 cm³/mol. The highest BCUT2D eigenvalue weighted by molar-refractivity contribution is 5.93. The average Bonchev–Trinajstić information content (AvgIpc) is 3.20. The van der Waals surface area contributed by atoms with Crippen molar-refractivity contribution in [3.05, 3.63) is 66.0 Å². The molecular weight excluding hydrogens is 370 g/mol. The van der Waals surface area contributed by atoms with Gasteiger partial charge in [-0.3, -0.25) is 14.9 Å². The molecule has 8 nitrogen and oxygen atoms in total. The van der Waals surface area contributed by atoms with E-state index in [2.05, 4.69) is 20.7 Å². The zero-order chi connectivity index (χ0) is 20.2. The van der Waals surface area contributed by atoms with E-state index in [1.165, 1.54) is 6.33 Å². The quantitative estimate of drug-likeness (QED) is 0.673. The number of benzene rings is 2. The Balaban J connectivity index is 1.50. The van der Waals surface area contributed by atoms with Crippen molar-refractivity contribution in [2.75, 3.05) is 17.2 Å². The van der Waals surface area contributed by atoms with Gasteiger partial charge in [-0.1, -0.05) is 43.3 Å². The highest BCUT2D eigenvalue weighted by Crippen LogP contribution is 2.34. The first-order chi connectivity index (χ1) is 14.2. The standard InChI is InChI=1S/C21H21N5O3/c1-2-14-7-3-5-9-16(14)24-20(28)12-29-18-10-6-4-8-15(18)17-11-19(27)25-21-22-13-23-26(17)21/h3-10,13,17H,2,11-12H2,1H3,(H,24,28)(H,22,23,25,27). The number of carbonyl (C=O) groups is 2. The van der Waals surface area contributed by atoms with Crippen LogP contribution < -0.4 is 15.4 Å². The predicted octanol–water partition coefficient (Wildman–Crippen LogP) is 2.79. The summed E-state index contributed by atoms with van der Waals surface area (Å²) in [5, 5.41) is 9.80. The smallest absolute Gasteiger partial charge is 0.262 e. The Hall–Kier alpha value is -3.68. The minimum atomic E-state index is -0.346. The molecule has 2 heterocycles. The second-order valence-corrected chi connectivity index (χ2v) is 6.68. The van der Waals surface area contributed by atoms with Crippen molar-refractivity contribution in [3.8, 4) is 5.75 Å². The van der Waals surface area contributed by atoms with Crippen LogP contribution in [0.15, 0.2) is 54.9 Å². The summed E-state index contributed by atoms with van der Waals surface area (Å²) in [6.45, 7) is 1.90. The first-order valence-electron chi connectivity index (χ1n) is 9.44. The summed E-state index contributed by atoms with van der Waals surface area (Å²) in [5.74, 6) is 0.547. The van der Waals surface area contributed by atoms with Crippen LogP contribution in [0.4, 0.5) is 11.6 Å². The number of anilines is 2. The third-order valence-corrected chi connectivity index (χ3v) is 4.81. The first kappa shape index (κ1) is 18.7. The van der Waals surface area contributed by atoms with Crippen molar-refractivity contribution in [2.24, 2.45) is 0 Å². The van der Waals surface area contributed by atoms with E-state index in [-0.39, 0.29) is 30.9 Å². The highest BCUT2D eigenvalue weighted by Gasteiger charge is 2.29. The van der Waals surface area contributed by atoms with Gasteiger partial charge in [-0.25, -0.2) is 4.68 Å². The molecule has 2 aromatic carbocycles. The molecule has 0 aliphatic carbocycles. The third-order valence-electron chi connectivity index (χ3n) is 4.81. The van der Waals surface area contributed by atoms with Crippen LogP contribution in [-0.4, -0.2) is 33.2 Å². The Labute approximate surface area is 167 Å². The summed E-state index contributed by atoms with van der Waals surface area (Å²) in [5.41, 5.74) is 2.62. The van der Waals surface area contributed by atoms with Gasteiger partial charge in [0.1, 0.15) is 12.1 Å². The number of carbonyl (C=O) groups excluding carboxylic acids is 2. The lowest BCUT2D eigenvalue weighted by Gasteiger charge is -2.25. The Kier molecular flexibility index (Phi) is 5.24. The molecule has 0 spiro atoms. The molecule has 3 aromatic rings. The number of ether oxygens (including phenoxy) is 1. The van der Waals surface area contributed by atoms with Crippen LogP contribution in [0.1, 0.15) is 30.5 Å². The van der Waals surface area contributed by atoms with Crippen molar-refractivity contribution >= 4 is 23.5 Å². The van der Waals surface area contributed by atoms with Gasteiger partial charge in [0.2, 0.25) is 11.9 Å². The fourth-order valence-corrected chi connectivity index (χ4v) is 3.41. The normalized spacial score (nSPS) is 15.3. The second kappa shape index (κ2) is 8.14. The van der Waals surface area contributed by atoms with Crippen LogP contribution in [0.3, 0.4) is 0 Å². The van der Waals surface area contributed by atoms with Crippen LogP contribution >= 0.6 is 0 Å². The maximum Gasteiger partial charge on any atom is 0.262 e. The minimum absolute atomic E-state index is 0.140. The Bertz CT molecular complexity index is 1050. The molecule has 1 aliphatic heterocycles. The SMILES string of the molecule is CCc1ccccc1NC(=O)COc1ccccc1C1CC(=O)Nc2ncnn21. The summed E-state index contributed by atoms with van der Waals surface area (Å²) in [4.78, 5) is 28.5. The number of nitrogens with one attached hydrogen (secondary N) is 2. The van der Waals surface area contributed by atoms with Crippen LogP contribution in [0.2, 0.25) is 0 Å². The number of nitrogens with zero attached hydrogens (tertiary/aromatic N) is 3. The fraction of sp³-hybridized carbons (Fsp3) is 0.238. The van der Waals surface area contributed by atoms with Gasteiger partial charge in [0.25, 0.3) is 5.91 Å². The zero-order valence-electron chi connectivity index (χ0n) is 16.0. The van der Waals surface area contributed by atoms with Crippen LogP contribution in [-0.2, 0) is 16.0 Å². The van der Waals surface area contributed by atoms with Crippen LogP contribution in [0, 0.1) is 0 Å². The molecule has 1 aliphatic rings. The molecule has 1 unspecified atom stereocenters. The maximum absolute atomic E-state index is 12.4. The van der Waals surface area contributed by atoms with E-state index in [9.17, 15) is 9.59 Å². The van der Waals surface area contributed by atoms with Gasteiger partial charge in [-0.2, -0.15) is 10.1 Å². The van der Waals surface area contributed by atoms with Gasteiger partial charge < -0.3 is 10.1 Å².